The third-order valence-corrected chi connectivity index (χ3v) is 4.11. The number of halogens is 1. The number of benzene rings is 2. The Hall–Kier alpha value is -1.12. The van der Waals surface area contributed by atoms with E-state index in [4.69, 9.17) is 5.73 Å². The largest absolute Gasteiger partial charge is 0.324 e. The second-order valence-electron chi connectivity index (χ2n) is 5.23. The first-order valence-corrected chi connectivity index (χ1v) is 7.46. The molecular weight excluding hydrogens is 298 g/mol. The van der Waals surface area contributed by atoms with E-state index in [1.54, 1.807) is 0 Å². The maximum absolute atomic E-state index is 6.37. The number of hydrogen-bond donors (Lipinski definition) is 1. The molecule has 0 heterocycles. The second kappa shape index (κ2) is 6.36. The van der Waals surface area contributed by atoms with Crippen molar-refractivity contribution in [3.8, 4) is 0 Å². The van der Waals surface area contributed by atoms with Crippen LogP contribution in [0, 0.1) is 0 Å². The van der Waals surface area contributed by atoms with E-state index < -0.39 is 0 Å². The van der Waals surface area contributed by atoms with Crippen molar-refractivity contribution in [2.75, 3.05) is 0 Å². The van der Waals surface area contributed by atoms with Gasteiger partial charge in [-0.15, -0.1) is 0 Å². The highest BCUT2D eigenvalue weighted by Gasteiger charge is 2.12. The third kappa shape index (κ3) is 3.68. The lowest BCUT2D eigenvalue weighted by Gasteiger charge is -2.16. The Kier molecular flexibility index (Phi) is 4.78. The van der Waals surface area contributed by atoms with E-state index in [1.165, 1.54) is 16.7 Å². The number of rotatable bonds is 4. The van der Waals surface area contributed by atoms with E-state index in [0.717, 1.165) is 10.9 Å². The quantitative estimate of drug-likeness (QED) is 0.860. The first-order chi connectivity index (χ1) is 9.08. The maximum Gasteiger partial charge on any atom is 0.0347 e. The van der Waals surface area contributed by atoms with Crippen molar-refractivity contribution in [3.63, 3.8) is 0 Å². The van der Waals surface area contributed by atoms with Crippen molar-refractivity contribution in [1.29, 1.82) is 0 Å². The molecule has 19 heavy (non-hydrogen) atoms. The third-order valence-electron chi connectivity index (χ3n) is 3.38. The van der Waals surface area contributed by atoms with Crippen LogP contribution in [0.15, 0.2) is 53.0 Å². The molecule has 2 rings (SSSR count). The van der Waals surface area contributed by atoms with E-state index in [1.807, 2.05) is 6.07 Å². The Morgan fingerprint density at radius 2 is 1.74 bits per heavy atom. The molecule has 1 atom stereocenters. The van der Waals surface area contributed by atoms with Crippen LogP contribution in [0.2, 0.25) is 0 Å². The van der Waals surface area contributed by atoms with Crippen LogP contribution >= 0.6 is 15.9 Å². The molecule has 0 saturated heterocycles. The first-order valence-electron chi connectivity index (χ1n) is 6.66. The van der Waals surface area contributed by atoms with Crippen LogP contribution in [-0.2, 0) is 6.42 Å². The SMILES string of the molecule is CC(C)c1ccc(Br)c(C(N)Cc2ccccc2)c1. The summed E-state index contributed by atoms with van der Waals surface area (Å²) in [6, 6.07) is 16.9. The van der Waals surface area contributed by atoms with Crippen molar-refractivity contribution in [2.45, 2.75) is 32.2 Å². The average Bonchev–Trinajstić information content (AvgIpc) is 2.40. The predicted molar refractivity (Wildman–Crippen MR) is 85.3 cm³/mol. The number of hydrogen-bond acceptors (Lipinski definition) is 1. The first kappa shape index (κ1) is 14.3. The smallest absolute Gasteiger partial charge is 0.0347 e. The molecular formula is C17H20BrN. The Balaban J connectivity index is 2.23. The van der Waals surface area contributed by atoms with Gasteiger partial charge in [-0.2, -0.15) is 0 Å². The van der Waals surface area contributed by atoms with E-state index in [2.05, 4.69) is 72.2 Å². The zero-order valence-corrected chi connectivity index (χ0v) is 13.0. The van der Waals surface area contributed by atoms with E-state index in [0.29, 0.717) is 5.92 Å². The predicted octanol–water partition coefficient (Wildman–Crippen LogP) is 4.82. The van der Waals surface area contributed by atoms with Gasteiger partial charge in [-0.25, -0.2) is 0 Å². The summed E-state index contributed by atoms with van der Waals surface area (Å²) in [5.74, 6) is 0.524. The summed E-state index contributed by atoms with van der Waals surface area (Å²) in [7, 11) is 0. The van der Waals surface area contributed by atoms with Crippen LogP contribution in [0.1, 0.15) is 42.5 Å². The van der Waals surface area contributed by atoms with E-state index in [9.17, 15) is 0 Å². The molecule has 1 unspecified atom stereocenters. The van der Waals surface area contributed by atoms with Crippen LogP contribution < -0.4 is 5.73 Å². The molecule has 0 fully saturated rings. The molecule has 0 radical (unpaired) electrons. The molecule has 0 aliphatic rings. The van der Waals surface area contributed by atoms with Crippen LogP contribution in [0.25, 0.3) is 0 Å². The molecule has 2 aromatic rings. The molecule has 0 bridgehead atoms. The molecule has 100 valence electrons. The summed E-state index contributed by atoms with van der Waals surface area (Å²) >= 11 is 3.61. The van der Waals surface area contributed by atoms with Crippen LogP contribution in [0.5, 0.6) is 0 Å². The van der Waals surface area contributed by atoms with Gasteiger partial charge in [0.15, 0.2) is 0 Å². The topological polar surface area (TPSA) is 26.0 Å². The Morgan fingerprint density at radius 3 is 2.37 bits per heavy atom. The fourth-order valence-corrected chi connectivity index (χ4v) is 2.72. The van der Waals surface area contributed by atoms with Gasteiger partial charge in [0.1, 0.15) is 0 Å². The van der Waals surface area contributed by atoms with Crippen molar-refractivity contribution >= 4 is 15.9 Å². The van der Waals surface area contributed by atoms with Gasteiger partial charge in [0.25, 0.3) is 0 Å². The fraction of sp³-hybridized carbons (Fsp3) is 0.294. The van der Waals surface area contributed by atoms with Gasteiger partial charge in [-0.1, -0.05) is 72.2 Å². The zero-order chi connectivity index (χ0) is 13.8. The molecule has 0 aliphatic carbocycles. The normalized spacial score (nSPS) is 12.7. The summed E-state index contributed by atoms with van der Waals surface area (Å²) in [6.07, 6.45) is 0.862. The van der Waals surface area contributed by atoms with Crippen LogP contribution in [0.4, 0.5) is 0 Å². The molecule has 0 aromatic heterocycles. The lowest BCUT2D eigenvalue weighted by molar-refractivity contribution is 0.714. The molecule has 0 aliphatic heterocycles. The van der Waals surface area contributed by atoms with E-state index >= 15 is 0 Å². The monoisotopic (exact) mass is 317 g/mol. The van der Waals surface area contributed by atoms with Gasteiger partial charge in [0.2, 0.25) is 0 Å². The van der Waals surface area contributed by atoms with Gasteiger partial charge < -0.3 is 5.73 Å². The maximum atomic E-state index is 6.37. The zero-order valence-electron chi connectivity index (χ0n) is 11.4. The summed E-state index contributed by atoms with van der Waals surface area (Å²) in [5, 5.41) is 0. The minimum Gasteiger partial charge on any atom is -0.324 e. The Morgan fingerprint density at radius 1 is 1.05 bits per heavy atom. The van der Waals surface area contributed by atoms with Gasteiger partial charge in [0, 0.05) is 10.5 Å². The molecule has 0 spiro atoms. The summed E-state index contributed by atoms with van der Waals surface area (Å²) < 4.78 is 1.10. The van der Waals surface area contributed by atoms with Crippen LogP contribution in [-0.4, -0.2) is 0 Å². The van der Waals surface area contributed by atoms with Crippen molar-refractivity contribution < 1.29 is 0 Å². The van der Waals surface area contributed by atoms with Gasteiger partial charge in [-0.3, -0.25) is 0 Å². The van der Waals surface area contributed by atoms with Gasteiger partial charge in [-0.05, 0) is 35.1 Å². The van der Waals surface area contributed by atoms with Gasteiger partial charge >= 0.3 is 0 Å². The second-order valence-corrected chi connectivity index (χ2v) is 6.09. The highest BCUT2D eigenvalue weighted by atomic mass is 79.9. The minimum atomic E-state index is 0.0236. The minimum absolute atomic E-state index is 0.0236. The average molecular weight is 318 g/mol. The molecule has 2 aromatic carbocycles. The van der Waals surface area contributed by atoms with Crippen molar-refractivity contribution in [1.82, 2.24) is 0 Å². The standard InChI is InChI=1S/C17H20BrN/c1-12(2)14-8-9-16(18)15(11-14)17(19)10-13-6-4-3-5-7-13/h3-9,11-12,17H,10,19H2,1-2H3. The summed E-state index contributed by atoms with van der Waals surface area (Å²) in [5.41, 5.74) is 10.2. The Bertz CT molecular complexity index is 534. The molecule has 2 heteroatoms. The molecule has 1 nitrogen and oxygen atoms in total. The van der Waals surface area contributed by atoms with Crippen LogP contribution in [0.3, 0.4) is 0 Å². The highest BCUT2D eigenvalue weighted by Crippen LogP contribution is 2.28. The summed E-state index contributed by atoms with van der Waals surface area (Å²) in [6.45, 7) is 4.41. The fourth-order valence-electron chi connectivity index (χ4n) is 2.18. The lowest BCUT2D eigenvalue weighted by Crippen LogP contribution is -2.14. The highest BCUT2D eigenvalue weighted by molar-refractivity contribution is 9.10. The lowest BCUT2D eigenvalue weighted by atomic mass is 9.95. The van der Waals surface area contributed by atoms with Gasteiger partial charge in [0.05, 0.1) is 0 Å². The number of nitrogens with two attached hydrogens (primary N) is 1. The molecule has 0 saturated carbocycles. The molecule has 2 N–H and O–H groups in total. The van der Waals surface area contributed by atoms with Crippen molar-refractivity contribution in [3.05, 3.63) is 69.7 Å². The Labute approximate surface area is 124 Å². The molecule has 0 amide bonds. The van der Waals surface area contributed by atoms with Crippen molar-refractivity contribution in [2.24, 2.45) is 5.73 Å². The summed E-state index contributed by atoms with van der Waals surface area (Å²) in [4.78, 5) is 0. The van der Waals surface area contributed by atoms with E-state index in [-0.39, 0.29) is 6.04 Å².